The van der Waals surface area contributed by atoms with Gasteiger partial charge in [0.25, 0.3) is 0 Å². The Morgan fingerprint density at radius 1 is 0.800 bits per heavy atom. The third-order valence-electron chi connectivity index (χ3n) is 4.81. The lowest BCUT2D eigenvalue weighted by molar-refractivity contribution is 0.0392. The van der Waals surface area contributed by atoms with Crippen molar-refractivity contribution in [3.63, 3.8) is 0 Å². The van der Waals surface area contributed by atoms with Crippen molar-refractivity contribution in [2.75, 3.05) is 0 Å². The highest BCUT2D eigenvalue weighted by Crippen LogP contribution is 2.46. The van der Waals surface area contributed by atoms with E-state index >= 15 is 0 Å². The Hall–Kier alpha value is -1.80. The molecule has 0 saturated heterocycles. The number of fused-ring (bicyclic) bond motifs is 1. The summed E-state index contributed by atoms with van der Waals surface area (Å²) in [5.41, 5.74) is 4.97. The fourth-order valence-corrected chi connectivity index (χ4v) is 3.87. The van der Waals surface area contributed by atoms with Crippen molar-refractivity contribution in [2.24, 2.45) is 0 Å². The molecule has 0 N–H and O–H groups in total. The molecule has 0 spiro atoms. The van der Waals surface area contributed by atoms with Gasteiger partial charge < -0.3 is 4.74 Å². The number of halogens is 2. The van der Waals surface area contributed by atoms with Gasteiger partial charge in [0, 0.05) is 5.92 Å². The number of ether oxygens (including phenoxy) is 1. The maximum absolute atomic E-state index is 6.26. The Bertz CT molecular complexity index is 876. The van der Waals surface area contributed by atoms with E-state index in [9.17, 15) is 0 Å². The molecule has 3 aromatic carbocycles. The summed E-state index contributed by atoms with van der Waals surface area (Å²) in [6.07, 6.45) is 1.01. The molecule has 1 aliphatic carbocycles. The first-order chi connectivity index (χ1) is 12.2. The molecular weight excluding hydrogens is 351 g/mol. The second kappa shape index (κ2) is 7.21. The Kier molecular flexibility index (Phi) is 4.80. The predicted octanol–water partition coefficient (Wildman–Crippen LogP) is 6.79. The Balaban J connectivity index is 1.60. The van der Waals surface area contributed by atoms with E-state index in [0.29, 0.717) is 16.7 Å². The van der Waals surface area contributed by atoms with Gasteiger partial charge in [0.15, 0.2) is 0 Å². The summed E-state index contributed by atoms with van der Waals surface area (Å²) >= 11 is 12.3. The molecule has 0 amide bonds. The van der Waals surface area contributed by atoms with Crippen LogP contribution in [-0.2, 0) is 11.3 Å². The van der Waals surface area contributed by atoms with E-state index in [0.717, 1.165) is 6.42 Å². The van der Waals surface area contributed by atoms with Gasteiger partial charge in [-0.05, 0) is 40.8 Å². The highest BCUT2D eigenvalue weighted by Gasteiger charge is 2.32. The van der Waals surface area contributed by atoms with Crippen molar-refractivity contribution >= 4 is 23.2 Å². The minimum absolute atomic E-state index is 0.0934. The van der Waals surface area contributed by atoms with Crippen LogP contribution in [-0.4, -0.2) is 0 Å². The molecule has 0 aliphatic heterocycles. The van der Waals surface area contributed by atoms with Crippen LogP contribution in [0.1, 0.15) is 40.7 Å². The van der Waals surface area contributed by atoms with Crippen molar-refractivity contribution < 1.29 is 4.74 Å². The average molecular weight is 369 g/mol. The molecule has 1 nitrogen and oxygen atoms in total. The van der Waals surface area contributed by atoms with Crippen LogP contribution in [0.2, 0.25) is 10.0 Å². The topological polar surface area (TPSA) is 9.23 Å². The fraction of sp³-hybridized carbons (Fsp3) is 0.182. The maximum Gasteiger partial charge on any atom is 0.0841 e. The normalized spacial score (nSPS) is 19.0. The van der Waals surface area contributed by atoms with Crippen LogP contribution in [0.4, 0.5) is 0 Å². The average Bonchev–Trinajstić information content (AvgIpc) is 3.02. The van der Waals surface area contributed by atoms with Crippen LogP contribution in [0, 0.1) is 0 Å². The van der Waals surface area contributed by atoms with E-state index in [1.165, 1.54) is 22.3 Å². The molecule has 0 unspecified atom stereocenters. The van der Waals surface area contributed by atoms with E-state index in [4.69, 9.17) is 27.9 Å². The summed E-state index contributed by atoms with van der Waals surface area (Å²) in [5.74, 6) is 0.284. The molecule has 3 heteroatoms. The molecule has 0 radical (unpaired) electrons. The van der Waals surface area contributed by atoms with Crippen molar-refractivity contribution in [1.82, 2.24) is 0 Å². The first-order valence-electron chi connectivity index (χ1n) is 8.41. The number of rotatable bonds is 4. The SMILES string of the molecule is Clc1ccc([C@@H]2C[C@@H](OCc3ccccc3)c3ccccc32)cc1Cl. The molecule has 4 rings (SSSR count). The highest BCUT2D eigenvalue weighted by atomic mass is 35.5. The second-order valence-corrected chi connectivity index (χ2v) is 7.19. The zero-order valence-corrected chi connectivity index (χ0v) is 15.2. The lowest BCUT2D eigenvalue weighted by Crippen LogP contribution is -2.01. The zero-order chi connectivity index (χ0) is 17.2. The van der Waals surface area contributed by atoms with Crippen molar-refractivity contribution in [3.8, 4) is 0 Å². The lowest BCUT2D eigenvalue weighted by atomic mass is 9.93. The van der Waals surface area contributed by atoms with E-state index in [1.54, 1.807) is 0 Å². The molecule has 0 bridgehead atoms. The van der Waals surface area contributed by atoms with Gasteiger partial charge in [0.05, 0.1) is 22.8 Å². The second-order valence-electron chi connectivity index (χ2n) is 6.38. The Morgan fingerprint density at radius 3 is 2.28 bits per heavy atom. The van der Waals surface area contributed by atoms with Crippen molar-refractivity contribution in [3.05, 3.63) is 105 Å². The summed E-state index contributed by atoms with van der Waals surface area (Å²) in [5, 5.41) is 1.19. The first kappa shape index (κ1) is 16.7. The van der Waals surface area contributed by atoms with Gasteiger partial charge in [-0.15, -0.1) is 0 Å². The molecular formula is C22H18Cl2O. The third kappa shape index (κ3) is 3.46. The first-order valence-corrected chi connectivity index (χ1v) is 9.17. The van der Waals surface area contributed by atoms with Crippen LogP contribution in [0.3, 0.4) is 0 Å². The van der Waals surface area contributed by atoms with E-state index in [-0.39, 0.29) is 12.0 Å². The maximum atomic E-state index is 6.26. The van der Waals surface area contributed by atoms with Crippen molar-refractivity contribution in [2.45, 2.75) is 25.0 Å². The van der Waals surface area contributed by atoms with Crippen LogP contribution in [0.15, 0.2) is 72.8 Å². The smallest absolute Gasteiger partial charge is 0.0841 e. The number of hydrogen-bond donors (Lipinski definition) is 0. The van der Waals surface area contributed by atoms with Crippen molar-refractivity contribution in [1.29, 1.82) is 0 Å². The summed E-state index contributed by atoms with van der Waals surface area (Å²) in [6.45, 7) is 0.619. The van der Waals surface area contributed by atoms with E-state index < -0.39 is 0 Å². The van der Waals surface area contributed by atoms with Gasteiger partial charge in [-0.3, -0.25) is 0 Å². The molecule has 0 saturated carbocycles. The highest BCUT2D eigenvalue weighted by molar-refractivity contribution is 6.42. The van der Waals surface area contributed by atoms with Gasteiger partial charge in [-0.1, -0.05) is 83.9 Å². The van der Waals surface area contributed by atoms with E-state index in [2.05, 4.69) is 42.5 Å². The molecule has 1 aliphatic rings. The molecule has 0 heterocycles. The summed E-state index contributed by atoms with van der Waals surface area (Å²) < 4.78 is 6.26. The van der Waals surface area contributed by atoms with Crippen LogP contribution < -0.4 is 0 Å². The van der Waals surface area contributed by atoms with Gasteiger partial charge in [-0.2, -0.15) is 0 Å². The molecule has 126 valence electrons. The van der Waals surface area contributed by atoms with E-state index in [1.807, 2.05) is 30.3 Å². The van der Waals surface area contributed by atoms with Gasteiger partial charge in [0.2, 0.25) is 0 Å². The van der Waals surface area contributed by atoms with Gasteiger partial charge in [-0.25, -0.2) is 0 Å². The van der Waals surface area contributed by atoms with Crippen LogP contribution in [0.5, 0.6) is 0 Å². The lowest BCUT2D eigenvalue weighted by Gasteiger charge is -2.15. The third-order valence-corrected chi connectivity index (χ3v) is 5.55. The Morgan fingerprint density at radius 2 is 1.52 bits per heavy atom. The zero-order valence-electron chi connectivity index (χ0n) is 13.7. The number of hydrogen-bond acceptors (Lipinski definition) is 1. The van der Waals surface area contributed by atoms with Gasteiger partial charge in [0.1, 0.15) is 0 Å². The monoisotopic (exact) mass is 368 g/mol. The van der Waals surface area contributed by atoms with Crippen LogP contribution >= 0.6 is 23.2 Å². The minimum atomic E-state index is 0.0934. The predicted molar refractivity (Wildman–Crippen MR) is 103 cm³/mol. The quantitative estimate of drug-likeness (QED) is 0.492. The minimum Gasteiger partial charge on any atom is -0.369 e. The van der Waals surface area contributed by atoms with Crippen LogP contribution in [0.25, 0.3) is 0 Å². The fourth-order valence-electron chi connectivity index (χ4n) is 3.56. The molecule has 0 aromatic heterocycles. The summed E-state index contributed by atoms with van der Waals surface area (Å²) in [7, 11) is 0. The van der Waals surface area contributed by atoms with Gasteiger partial charge >= 0.3 is 0 Å². The summed E-state index contributed by atoms with van der Waals surface area (Å²) in [6, 6.07) is 24.7. The standard InChI is InChI=1S/C22H18Cl2O/c23-20-11-10-16(12-21(20)24)19-13-22(18-9-5-4-8-17(18)19)25-14-15-6-2-1-3-7-15/h1-12,19,22H,13-14H2/t19-,22+/m0/s1. The molecule has 0 fully saturated rings. The molecule has 3 aromatic rings. The summed E-state index contributed by atoms with van der Waals surface area (Å²) in [4.78, 5) is 0. The Labute approximate surface area is 158 Å². The largest absolute Gasteiger partial charge is 0.369 e. The molecule has 25 heavy (non-hydrogen) atoms. The molecule has 2 atom stereocenters. The number of benzene rings is 3.